The number of hydrogen-bond donors (Lipinski definition) is 3. The third-order valence-corrected chi connectivity index (χ3v) is 7.37. The van der Waals surface area contributed by atoms with Gasteiger partial charge in [-0.2, -0.15) is 0 Å². The summed E-state index contributed by atoms with van der Waals surface area (Å²) in [4.78, 5) is 29.7. The van der Waals surface area contributed by atoms with E-state index < -0.39 is 27.7 Å². The standard InChI is InChI=1S/C22H17FN4O4S2/c1-13-11-17(15-9-8-14(23)12-19(15)24-13)22(29)26-25-21(28)16-5-2-3-6-18(16)27-33(30,31)20-7-4-10-32-20/h2-12,27H,1H3,(H,25,28)(H,26,29). The lowest BCUT2D eigenvalue weighted by Crippen LogP contribution is -2.42. The van der Waals surface area contributed by atoms with Crippen molar-refractivity contribution < 1.29 is 22.4 Å². The number of aromatic nitrogens is 1. The molecular formula is C22H17FN4O4S2. The number of halogens is 1. The molecular weight excluding hydrogens is 467 g/mol. The third kappa shape index (κ3) is 4.83. The Morgan fingerprint density at radius 2 is 1.67 bits per heavy atom. The SMILES string of the molecule is Cc1cc(C(=O)NNC(=O)c2ccccc2NS(=O)(=O)c2cccs2)c2ccc(F)cc2n1. The summed E-state index contributed by atoms with van der Waals surface area (Å²) in [7, 11) is -3.87. The maximum absolute atomic E-state index is 13.5. The molecule has 3 N–H and O–H groups in total. The zero-order valence-electron chi connectivity index (χ0n) is 17.1. The van der Waals surface area contributed by atoms with Crippen molar-refractivity contribution in [3.05, 3.63) is 88.7 Å². The van der Waals surface area contributed by atoms with Crippen LogP contribution in [0.1, 0.15) is 26.4 Å². The summed E-state index contributed by atoms with van der Waals surface area (Å²) in [5.74, 6) is -1.85. The summed E-state index contributed by atoms with van der Waals surface area (Å²) < 4.78 is 41.1. The minimum Gasteiger partial charge on any atom is -0.278 e. The van der Waals surface area contributed by atoms with Gasteiger partial charge in [0.15, 0.2) is 0 Å². The first-order valence-corrected chi connectivity index (χ1v) is 11.9. The van der Waals surface area contributed by atoms with Gasteiger partial charge in [0, 0.05) is 17.1 Å². The molecule has 0 spiro atoms. The van der Waals surface area contributed by atoms with Gasteiger partial charge in [-0.1, -0.05) is 18.2 Å². The van der Waals surface area contributed by atoms with Gasteiger partial charge in [-0.3, -0.25) is 30.1 Å². The second-order valence-electron chi connectivity index (χ2n) is 6.96. The number of benzene rings is 2. The molecule has 0 atom stereocenters. The predicted octanol–water partition coefficient (Wildman–Crippen LogP) is 3.62. The molecule has 4 rings (SSSR count). The minimum absolute atomic E-state index is 0.00997. The van der Waals surface area contributed by atoms with Crippen LogP contribution < -0.4 is 15.6 Å². The summed E-state index contributed by atoms with van der Waals surface area (Å²) in [5, 5.41) is 2.04. The molecule has 0 saturated heterocycles. The van der Waals surface area contributed by atoms with E-state index in [4.69, 9.17) is 0 Å². The molecule has 8 nitrogen and oxygen atoms in total. The van der Waals surface area contributed by atoms with Gasteiger partial charge in [0.2, 0.25) is 0 Å². The molecule has 33 heavy (non-hydrogen) atoms. The number of para-hydroxylation sites is 1. The van der Waals surface area contributed by atoms with E-state index in [2.05, 4.69) is 20.6 Å². The fraction of sp³-hybridized carbons (Fsp3) is 0.0455. The number of anilines is 1. The second-order valence-corrected chi connectivity index (χ2v) is 9.82. The van der Waals surface area contributed by atoms with Crippen molar-refractivity contribution in [2.45, 2.75) is 11.1 Å². The van der Waals surface area contributed by atoms with E-state index in [0.717, 1.165) is 11.3 Å². The molecule has 2 aromatic carbocycles. The van der Waals surface area contributed by atoms with Gasteiger partial charge < -0.3 is 0 Å². The molecule has 0 saturated carbocycles. The first-order valence-electron chi connectivity index (χ1n) is 9.57. The topological polar surface area (TPSA) is 117 Å². The number of carbonyl (C=O) groups is 2. The van der Waals surface area contributed by atoms with Crippen LogP contribution in [0.25, 0.3) is 10.9 Å². The first-order chi connectivity index (χ1) is 15.7. The van der Waals surface area contributed by atoms with Gasteiger partial charge in [0.1, 0.15) is 10.0 Å². The Morgan fingerprint density at radius 1 is 0.939 bits per heavy atom. The van der Waals surface area contributed by atoms with Crippen molar-refractivity contribution in [2.24, 2.45) is 0 Å². The highest BCUT2D eigenvalue weighted by atomic mass is 32.2. The molecule has 0 radical (unpaired) electrons. The molecule has 0 fully saturated rings. The summed E-state index contributed by atoms with van der Waals surface area (Å²) >= 11 is 1.04. The Morgan fingerprint density at radius 3 is 2.39 bits per heavy atom. The number of carbonyl (C=O) groups excluding carboxylic acids is 2. The van der Waals surface area contributed by atoms with Crippen molar-refractivity contribution in [1.29, 1.82) is 0 Å². The second kappa shape index (κ2) is 8.96. The highest BCUT2D eigenvalue weighted by Crippen LogP contribution is 2.23. The highest BCUT2D eigenvalue weighted by molar-refractivity contribution is 7.94. The van der Waals surface area contributed by atoms with Crippen LogP contribution in [0.15, 0.2) is 70.3 Å². The number of thiophene rings is 1. The fourth-order valence-corrected chi connectivity index (χ4v) is 5.22. The number of hydrazine groups is 1. The Labute approximate surface area is 192 Å². The quantitative estimate of drug-likeness (QED) is 0.374. The average Bonchev–Trinajstić information content (AvgIpc) is 3.32. The molecule has 11 heteroatoms. The fourth-order valence-electron chi connectivity index (χ4n) is 3.15. The van der Waals surface area contributed by atoms with E-state index in [1.54, 1.807) is 30.5 Å². The van der Waals surface area contributed by atoms with E-state index in [1.165, 1.54) is 42.5 Å². The maximum atomic E-state index is 13.5. The number of sulfonamides is 1. The summed E-state index contributed by atoms with van der Waals surface area (Å²) in [5.41, 5.74) is 5.67. The Hall–Kier alpha value is -3.83. The number of pyridine rings is 1. The third-order valence-electron chi connectivity index (χ3n) is 4.61. The average molecular weight is 485 g/mol. The van der Waals surface area contributed by atoms with Gasteiger partial charge in [-0.05, 0) is 48.7 Å². The van der Waals surface area contributed by atoms with E-state index >= 15 is 0 Å². The Balaban J connectivity index is 1.54. The maximum Gasteiger partial charge on any atom is 0.271 e. The smallest absolute Gasteiger partial charge is 0.271 e. The van der Waals surface area contributed by atoms with Gasteiger partial charge in [0.25, 0.3) is 21.8 Å². The van der Waals surface area contributed by atoms with Crippen LogP contribution >= 0.6 is 11.3 Å². The van der Waals surface area contributed by atoms with E-state index in [9.17, 15) is 22.4 Å². The van der Waals surface area contributed by atoms with Gasteiger partial charge in [-0.15, -0.1) is 11.3 Å². The van der Waals surface area contributed by atoms with Crippen LogP contribution in [0.4, 0.5) is 10.1 Å². The molecule has 0 aliphatic heterocycles. The molecule has 0 aliphatic rings. The number of hydrogen-bond acceptors (Lipinski definition) is 6. The number of nitrogens with zero attached hydrogens (tertiary/aromatic N) is 1. The number of rotatable bonds is 5. The highest BCUT2D eigenvalue weighted by Gasteiger charge is 2.20. The van der Waals surface area contributed by atoms with Gasteiger partial charge in [-0.25, -0.2) is 12.8 Å². The lowest BCUT2D eigenvalue weighted by molar-refractivity contribution is 0.0848. The van der Waals surface area contributed by atoms with Crippen molar-refractivity contribution in [1.82, 2.24) is 15.8 Å². The van der Waals surface area contributed by atoms with Gasteiger partial charge >= 0.3 is 0 Å². The van der Waals surface area contributed by atoms with Crippen molar-refractivity contribution in [3.63, 3.8) is 0 Å². The summed E-state index contributed by atoms with van der Waals surface area (Å²) in [6.07, 6.45) is 0. The summed E-state index contributed by atoms with van der Waals surface area (Å²) in [6.45, 7) is 1.66. The van der Waals surface area contributed by atoms with E-state index in [1.807, 2.05) is 0 Å². The molecule has 2 aromatic heterocycles. The zero-order chi connectivity index (χ0) is 23.6. The largest absolute Gasteiger partial charge is 0.278 e. The summed E-state index contributed by atoms with van der Waals surface area (Å²) in [6, 6.07) is 14.4. The number of aryl methyl sites for hydroxylation is 1. The van der Waals surface area contributed by atoms with Crippen LogP contribution in [-0.2, 0) is 10.0 Å². The molecule has 0 unspecified atom stereocenters. The first kappa shape index (κ1) is 22.4. The normalized spacial score (nSPS) is 11.2. The Bertz CT molecular complexity index is 1470. The van der Waals surface area contributed by atoms with Crippen LogP contribution in [0.2, 0.25) is 0 Å². The molecule has 0 bridgehead atoms. The molecule has 2 amide bonds. The molecule has 2 heterocycles. The van der Waals surface area contributed by atoms with Crippen molar-refractivity contribution in [3.8, 4) is 0 Å². The Kier molecular flexibility index (Phi) is 6.07. The van der Waals surface area contributed by atoms with Crippen LogP contribution in [0.3, 0.4) is 0 Å². The zero-order valence-corrected chi connectivity index (χ0v) is 18.8. The van der Waals surface area contributed by atoms with Crippen LogP contribution in [-0.4, -0.2) is 25.2 Å². The van der Waals surface area contributed by atoms with Crippen LogP contribution in [0.5, 0.6) is 0 Å². The van der Waals surface area contributed by atoms with E-state index in [0.29, 0.717) is 16.6 Å². The van der Waals surface area contributed by atoms with Crippen molar-refractivity contribution >= 4 is 49.8 Å². The number of fused-ring (bicyclic) bond motifs is 1. The molecule has 0 aliphatic carbocycles. The lowest BCUT2D eigenvalue weighted by Gasteiger charge is -2.13. The van der Waals surface area contributed by atoms with Crippen LogP contribution in [0, 0.1) is 12.7 Å². The van der Waals surface area contributed by atoms with E-state index in [-0.39, 0.29) is 21.0 Å². The minimum atomic E-state index is -3.87. The number of amides is 2. The molecule has 168 valence electrons. The monoisotopic (exact) mass is 484 g/mol. The lowest BCUT2D eigenvalue weighted by atomic mass is 10.1. The number of nitrogens with one attached hydrogen (secondary N) is 3. The van der Waals surface area contributed by atoms with Gasteiger partial charge in [0.05, 0.1) is 22.3 Å². The van der Waals surface area contributed by atoms with Crippen molar-refractivity contribution in [2.75, 3.05) is 4.72 Å². The molecule has 4 aromatic rings. The predicted molar refractivity (Wildman–Crippen MR) is 123 cm³/mol.